The van der Waals surface area contributed by atoms with Crippen LogP contribution in [0.3, 0.4) is 0 Å². The summed E-state index contributed by atoms with van der Waals surface area (Å²) in [5.41, 5.74) is 2.89. The highest BCUT2D eigenvalue weighted by molar-refractivity contribution is 6.30. The minimum absolute atomic E-state index is 0.145. The number of aromatic nitrogens is 3. The Balaban J connectivity index is 2.09. The Hall–Kier alpha value is -2.66. The molecular formula is C19H19ClN4O. The van der Waals surface area contributed by atoms with E-state index >= 15 is 0 Å². The number of halogens is 1. The van der Waals surface area contributed by atoms with Crippen LogP contribution in [0.5, 0.6) is 0 Å². The highest BCUT2D eigenvalue weighted by Crippen LogP contribution is 2.27. The zero-order valence-electron chi connectivity index (χ0n) is 14.1. The van der Waals surface area contributed by atoms with Gasteiger partial charge >= 0.3 is 0 Å². The van der Waals surface area contributed by atoms with Gasteiger partial charge in [-0.2, -0.15) is 5.10 Å². The molecule has 25 heavy (non-hydrogen) atoms. The second-order valence-corrected chi connectivity index (χ2v) is 6.57. The topological polar surface area (TPSA) is 59.8 Å². The van der Waals surface area contributed by atoms with E-state index in [4.69, 9.17) is 11.6 Å². The molecule has 6 heteroatoms. The van der Waals surface area contributed by atoms with E-state index in [1.807, 2.05) is 30.3 Å². The van der Waals surface area contributed by atoms with Crippen molar-refractivity contribution >= 4 is 17.5 Å². The molecule has 0 aliphatic heterocycles. The maximum atomic E-state index is 12.6. The Bertz CT molecular complexity index is 874. The van der Waals surface area contributed by atoms with Crippen molar-refractivity contribution in [1.82, 2.24) is 20.1 Å². The van der Waals surface area contributed by atoms with Gasteiger partial charge in [0.1, 0.15) is 0 Å². The van der Waals surface area contributed by atoms with Gasteiger partial charge in [-0.25, -0.2) is 4.68 Å². The van der Waals surface area contributed by atoms with Gasteiger partial charge in [0.05, 0.1) is 23.1 Å². The average Bonchev–Trinajstić information content (AvgIpc) is 3.05. The van der Waals surface area contributed by atoms with Crippen LogP contribution in [0.2, 0.25) is 5.02 Å². The van der Waals surface area contributed by atoms with E-state index in [9.17, 15) is 4.79 Å². The van der Waals surface area contributed by atoms with Crippen molar-refractivity contribution in [2.45, 2.75) is 13.8 Å². The Kier molecular flexibility index (Phi) is 5.14. The number of carbonyl (C=O) groups is 1. The SMILES string of the molecule is CC(C)CNC(=O)c1cnn(-c2cccc(Cl)c2)c1-c1ccncc1. The molecule has 0 saturated heterocycles. The minimum atomic E-state index is -0.145. The number of hydrogen-bond donors (Lipinski definition) is 1. The molecule has 128 valence electrons. The summed E-state index contributed by atoms with van der Waals surface area (Å²) in [7, 11) is 0. The lowest BCUT2D eigenvalue weighted by molar-refractivity contribution is 0.0949. The van der Waals surface area contributed by atoms with E-state index in [0.29, 0.717) is 28.7 Å². The molecule has 0 saturated carbocycles. The molecule has 2 heterocycles. The van der Waals surface area contributed by atoms with Crippen LogP contribution in [0.15, 0.2) is 55.0 Å². The fraction of sp³-hybridized carbons (Fsp3) is 0.211. The summed E-state index contributed by atoms with van der Waals surface area (Å²) in [6.45, 7) is 4.72. The molecule has 0 atom stereocenters. The van der Waals surface area contributed by atoms with Gasteiger partial charge < -0.3 is 5.32 Å². The molecule has 3 rings (SSSR count). The summed E-state index contributed by atoms with van der Waals surface area (Å²) in [6.07, 6.45) is 4.98. The average molecular weight is 355 g/mol. The summed E-state index contributed by atoms with van der Waals surface area (Å²) in [5, 5.41) is 7.99. The highest BCUT2D eigenvalue weighted by atomic mass is 35.5. The smallest absolute Gasteiger partial charge is 0.255 e. The van der Waals surface area contributed by atoms with E-state index < -0.39 is 0 Å². The number of amides is 1. The van der Waals surface area contributed by atoms with Crippen molar-refractivity contribution in [3.63, 3.8) is 0 Å². The fourth-order valence-corrected chi connectivity index (χ4v) is 2.68. The quantitative estimate of drug-likeness (QED) is 0.754. The standard InChI is InChI=1S/C19H19ClN4O/c1-13(2)11-22-19(25)17-12-23-24(16-5-3-4-15(20)10-16)18(17)14-6-8-21-9-7-14/h3-10,12-13H,11H2,1-2H3,(H,22,25). The largest absolute Gasteiger partial charge is 0.352 e. The molecular weight excluding hydrogens is 336 g/mol. The van der Waals surface area contributed by atoms with Crippen LogP contribution in [0.4, 0.5) is 0 Å². The maximum Gasteiger partial charge on any atom is 0.255 e. The molecule has 0 aliphatic carbocycles. The number of carbonyl (C=O) groups excluding carboxylic acids is 1. The van der Waals surface area contributed by atoms with Gasteiger partial charge in [-0.15, -0.1) is 0 Å². The normalized spacial score (nSPS) is 10.9. The first-order chi connectivity index (χ1) is 12.1. The highest BCUT2D eigenvalue weighted by Gasteiger charge is 2.20. The lowest BCUT2D eigenvalue weighted by atomic mass is 10.1. The molecule has 5 nitrogen and oxygen atoms in total. The molecule has 0 bridgehead atoms. The van der Waals surface area contributed by atoms with Gasteiger partial charge in [0.25, 0.3) is 5.91 Å². The zero-order chi connectivity index (χ0) is 17.8. The van der Waals surface area contributed by atoms with Gasteiger partial charge in [-0.05, 0) is 36.2 Å². The van der Waals surface area contributed by atoms with Gasteiger partial charge in [0.2, 0.25) is 0 Å². The van der Waals surface area contributed by atoms with Crippen molar-refractivity contribution in [2.75, 3.05) is 6.54 Å². The molecule has 0 spiro atoms. The summed E-state index contributed by atoms with van der Waals surface area (Å²) in [6, 6.07) is 11.1. The Morgan fingerprint density at radius 1 is 1.24 bits per heavy atom. The monoisotopic (exact) mass is 354 g/mol. The number of rotatable bonds is 5. The minimum Gasteiger partial charge on any atom is -0.352 e. The Labute approximate surface area is 151 Å². The van der Waals surface area contributed by atoms with Crippen molar-refractivity contribution < 1.29 is 4.79 Å². The maximum absolute atomic E-state index is 12.6. The first-order valence-electron chi connectivity index (χ1n) is 8.09. The molecule has 0 fully saturated rings. The van der Waals surface area contributed by atoms with Gasteiger partial charge in [-0.3, -0.25) is 9.78 Å². The summed E-state index contributed by atoms with van der Waals surface area (Å²) < 4.78 is 1.73. The molecule has 0 unspecified atom stereocenters. The lowest BCUT2D eigenvalue weighted by Crippen LogP contribution is -2.27. The zero-order valence-corrected chi connectivity index (χ0v) is 14.9. The molecule has 0 aliphatic rings. The van der Waals surface area contributed by atoms with E-state index in [0.717, 1.165) is 11.3 Å². The number of hydrogen-bond acceptors (Lipinski definition) is 3. The third kappa shape index (κ3) is 3.88. The predicted octanol–water partition coefficient (Wildman–Crippen LogP) is 3.97. The molecule has 2 aromatic heterocycles. The van der Waals surface area contributed by atoms with Crippen molar-refractivity contribution in [2.24, 2.45) is 5.92 Å². The predicted molar refractivity (Wildman–Crippen MR) is 99.0 cm³/mol. The molecule has 3 aromatic rings. The van der Waals surface area contributed by atoms with Crippen LogP contribution in [0.1, 0.15) is 24.2 Å². The molecule has 1 aromatic carbocycles. The van der Waals surface area contributed by atoms with Crippen LogP contribution < -0.4 is 5.32 Å². The molecule has 0 radical (unpaired) electrons. The van der Waals surface area contributed by atoms with Crippen LogP contribution in [0.25, 0.3) is 16.9 Å². The first-order valence-corrected chi connectivity index (χ1v) is 8.46. The molecule has 1 amide bonds. The third-order valence-corrected chi connectivity index (χ3v) is 3.93. The van der Waals surface area contributed by atoms with E-state index in [-0.39, 0.29) is 5.91 Å². The number of pyridine rings is 1. The van der Waals surface area contributed by atoms with Crippen molar-refractivity contribution in [3.8, 4) is 16.9 Å². The van der Waals surface area contributed by atoms with Gasteiger partial charge in [0, 0.05) is 29.5 Å². The van der Waals surface area contributed by atoms with Crippen LogP contribution >= 0.6 is 11.6 Å². The summed E-state index contributed by atoms with van der Waals surface area (Å²) >= 11 is 6.12. The van der Waals surface area contributed by atoms with Gasteiger partial charge in [0.15, 0.2) is 0 Å². The third-order valence-electron chi connectivity index (χ3n) is 3.69. The second-order valence-electron chi connectivity index (χ2n) is 6.14. The van der Waals surface area contributed by atoms with E-state index in [2.05, 4.69) is 29.2 Å². The fourth-order valence-electron chi connectivity index (χ4n) is 2.50. The van der Waals surface area contributed by atoms with E-state index in [1.54, 1.807) is 29.3 Å². The number of benzene rings is 1. The second kappa shape index (κ2) is 7.49. The Morgan fingerprint density at radius 3 is 2.68 bits per heavy atom. The van der Waals surface area contributed by atoms with Crippen LogP contribution in [0, 0.1) is 5.92 Å². The Morgan fingerprint density at radius 2 is 2.00 bits per heavy atom. The number of nitrogens with one attached hydrogen (secondary N) is 1. The van der Waals surface area contributed by atoms with Crippen LogP contribution in [-0.4, -0.2) is 27.2 Å². The lowest BCUT2D eigenvalue weighted by Gasteiger charge is -2.11. The van der Waals surface area contributed by atoms with Gasteiger partial charge in [-0.1, -0.05) is 31.5 Å². The molecule has 1 N–H and O–H groups in total. The van der Waals surface area contributed by atoms with Crippen molar-refractivity contribution in [1.29, 1.82) is 0 Å². The summed E-state index contributed by atoms with van der Waals surface area (Å²) in [4.78, 5) is 16.7. The van der Waals surface area contributed by atoms with Crippen LogP contribution in [-0.2, 0) is 0 Å². The summed E-state index contributed by atoms with van der Waals surface area (Å²) in [5.74, 6) is 0.227. The number of nitrogens with zero attached hydrogens (tertiary/aromatic N) is 3. The first kappa shape index (κ1) is 17.2. The van der Waals surface area contributed by atoms with Crippen molar-refractivity contribution in [3.05, 3.63) is 65.6 Å². The van der Waals surface area contributed by atoms with E-state index in [1.165, 1.54) is 0 Å².